The quantitative estimate of drug-likeness (QED) is 0.799. The molecule has 1 saturated heterocycles. The van der Waals surface area contributed by atoms with Gasteiger partial charge in [-0.2, -0.15) is 4.98 Å². The van der Waals surface area contributed by atoms with Gasteiger partial charge in [-0.3, -0.25) is 0 Å². The lowest BCUT2D eigenvalue weighted by Crippen LogP contribution is -2.29. The number of halogens is 1. The lowest BCUT2D eigenvalue weighted by molar-refractivity contribution is 0.294. The Morgan fingerprint density at radius 2 is 2.22 bits per heavy atom. The standard InChI is InChI=1S/C12H20ClN5/c1-9(8-18-4-2-3-5-18)6-15-11-10(14)7-16-12(13)17-11/h7,9H,2-6,8,14H2,1H3,(H,15,16,17). The molecule has 18 heavy (non-hydrogen) atoms. The average molecular weight is 270 g/mol. The van der Waals surface area contributed by atoms with E-state index in [0.29, 0.717) is 17.4 Å². The number of nitrogens with one attached hydrogen (secondary N) is 1. The fraction of sp³-hybridized carbons (Fsp3) is 0.667. The van der Waals surface area contributed by atoms with Crippen molar-refractivity contribution in [3.63, 3.8) is 0 Å². The van der Waals surface area contributed by atoms with Crippen molar-refractivity contribution >= 4 is 23.1 Å². The molecule has 100 valence electrons. The third-order valence-corrected chi connectivity index (χ3v) is 3.36. The number of nitrogens with two attached hydrogens (primary N) is 1. The summed E-state index contributed by atoms with van der Waals surface area (Å²) in [5, 5.41) is 3.46. The molecule has 0 amide bonds. The summed E-state index contributed by atoms with van der Waals surface area (Å²) in [6.07, 6.45) is 4.19. The zero-order valence-electron chi connectivity index (χ0n) is 10.7. The summed E-state index contributed by atoms with van der Waals surface area (Å²) in [5.41, 5.74) is 6.32. The zero-order valence-corrected chi connectivity index (χ0v) is 11.5. The molecule has 3 N–H and O–H groups in total. The Labute approximate surface area is 113 Å². The minimum atomic E-state index is 0.221. The first-order valence-electron chi connectivity index (χ1n) is 6.39. The van der Waals surface area contributed by atoms with Crippen molar-refractivity contribution in [3.8, 4) is 0 Å². The van der Waals surface area contributed by atoms with Gasteiger partial charge >= 0.3 is 0 Å². The second kappa shape index (κ2) is 6.20. The molecule has 1 aromatic heterocycles. The molecule has 0 bridgehead atoms. The maximum atomic E-state index is 5.78. The van der Waals surface area contributed by atoms with Crippen LogP contribution < -0.4 is 11.1 Å². The van der Waals surface area contributed by atoms with Gasteiger partial charge in [0.1, 0.15) is 0 Å². The second-order valence-corrected chi connectivity index (χ2v) is 5.27. The van der Waals surface area contributed by atoms with Crippen LogP contribution in [0, 0.1) is 5.92 Å². The summed E-state index contributed by atoms with van der Waals surface area (Å²) in [6, 6.07) is 0. The van der Waals surface area contributed by atoms with Crippen molar-refractivity contribution < 1.29 is 0 Å². The van der Waals surface area contributed by atoms with Crippen LogP contribution in [0.15, 0.2) is 6.20 Å². The lowest BCUT2D eigenvalue weighted by Gasteiger charge is -2.20. The van der Waals surface area contributed by atoms with E-state index in [4.69, 9.17) is 17.3 Å². The van der Waals surface area contributed by atoms with E-state index in [1.165, 1.54) is 32.1 Å². The molecule has 5 nitrogen and oxygen atoms in total. The van der Waals surface area contributed by atoms with E-state index in [1.54, 1.807) is 0 Å². The van der Waals surface area contributed by atoms with Crippen molar-refractivity contribution in [3.05, 3.63) is 11.5 Å². The predicted molar refractivity (Wildman–Crippen MR) is 74.8 cm³/mol. The molecular weight excluding hydrogens is 250 g/mol. The van der Waals surface area contributed by atoms with Crippen molar-refractivity contribution in [1.29, 1.82) is 0 Å². The van der Waals surface area contributed by atoms with E-state index < -0.39 is 0 Å². The maximum Gasteiger partial charge on any atom is 0.224 e. The molecule has 0 saturated carbocycles. The SMILES string of the molecule is CC(CNc1nc(Cl)ncc1N)CN1CCCC1. The van der Waals surface area contributed by atoms with Gasteiger partial charge in [0.05, 0.1) is 11.9 Å². The van der Waals surface area contributed by atoms with Crippen molar-refractivity contribution in [1.82, 2.24) is 14.9 Å². The minimum absolute atomic E-state index is 0.221. The fourth-order valence-corrected chi connectivity index (χ4v) is 2.39. The number of nitrogens with zero attached hydrogens (tertiary/aromatic N) is 3. The number of likely N-dealkylation sites (tertiary alicyclic amines) is 1. The van der Waals surface area contributed by atoms with Crippen LogP contribution >= 0.6 is 11.6 Å². The summed E-state index contributed by atoms with van der Waals surface area (Å²) in [5.74, 6) is 1.18. The van der Waals surface area contributed by atoms with Crippen LogP contribution in [-0.2, 0) is 0 Å². The monoisotopic (exact) mass is 269 g/mol. The van der Waals surface area contributed by atoms with Gasteiger partial charge in [-0.15, -0.1) is 0 Å². The van der Waals surface area contributed by atoms with Crippen LogP contribution in [0.4, 0.5) is 11.5 Å². The highest BCUT2D eigenvalue weighted by Gasteiger charge is 2.14. The van der Waals surface area contributed by atoms with E-state index in [9.17, 15) is 0 Å². The van der Waals surface area contributed by atoms with Crippen LogP contribution in [0.5, 0.6) is 0 Å². The highest BCUT2D eigenvalue weighted by atomic mass is 35.5. The van der Waals surface area contributed by atoms with Gasteiger partial charge in [0.15, 0.2) is 5.82 Å². The van der Waals surface area contributed by atoms with Gasteiger partial charge in [-0.1, -0.05) is 6.92 Å². The van der Waals surface area contributed by atoms with Crippen LogP contribution in [-0.4, -0.2) is 41.0 Å². The Morgan fingerprint density at radius 3 is 2.94 bits per heavy atom. The maximum absolute atomic E-state index is 5.78. The summed E-state index contributed by atoms with van der Waals surface area (Å²) < 4.78 is 0. The number of rotatable bonds is 5. The molecule has 0 aliphatic carbocycles. The molecule has 1 fully saturated rings. The third kappa shape index (κ3) is 3.71. The van der Waals surface area contributed by atoms with E-state index in [1.807, 2.05) is 0 Å². The molecule has 1 unspecified atom stereocenters. The molecule has 1 aromatic rings. The largest absolute Gasteiger partial charge is 0.394 e. The first-order chi connectivity index (χ1) is 8.65. The molecule has 6 heteroatoms. The predicted octanol–water partition coefficient (Wildman–Crippen LogP) is 1.86. The molecule has 2 heterocycles. The average Bonchev–Trinajstić information content (AvgIpc) is 2.83. The van der Waals surface area contributed by atoms with Crippen LogP contribution in [0.1, 0.15) is 19.8 Å². The fourth-order valence-electron chi connectivity index (χ4n) is 2.25. The van der Waals surface area contributed by atoms with Crippen LogP contribution in [0.25, 0.3) is 0 Å². The summed E-state index contributed by atoms with van der Waals surface area (Å²) in [4.78, 5) is 10.4. The molecule has 1 atom stereocenters. The molecule has 0 radical (unpaired) electrons. The second-order valence-electron chi connectivity index (χ2n) is 4.94. The first kappa shape index (κ1) is 13.4. The van der Waals surface area contributed by atoms with E-state index in [-0.39, 0.29) is 5.28 Å². The minimum Gasteiger partial charge on any atom is -0.394 e. The summed E-state index contributed by atoms with van der Waals surface area (Å²) in [6.45, 7) is 6.64. The van der Waals surface area contributed by atoms with Crippen molar-refractivity contribution in [2.24, 2.45) is 5.92 Å². The smallest absolute Gasteiger partial charge is 0.224 e. The van der Waals surface area contributed by atoms with Gasteiger partial charge in [0.25, 0.3) is 0 Å². The topological polar surface area (TPSA) is 67.1 Å². The zero-order chi connectivity index (χ0) is 13.0. The first-order valence-corrected chi connectivity index (χ1v) is 6.77. The highest BCUT2D eigenvalue weighted by Crippen LogP contribution is 2.17. The summed E-state index contributed by atoms with van der Waals surface area (Å²) >= 11 is 5.74. The summed E-state index contributed by atoms with van der Waals surface area (Å²) in [7, 11) is 0. The van der Waals surface area contributed by atoms with Crippen molar-refractivity contribution in [2.45, 2.75) is 19.8 Å². The van der Waals surface area contributed by atoms with Gasteiger partial charge in [-0.05, 0) is 43.5 Å². The number of hydrogen-bond donors (Lipinski definition) is 2. The normalized spacial score (nSPS) is 17.9. The Kier molecular flexibility index (Phi) is 4.60. The van der Waals surface area contributed by atoms with Gasteiger partial charge in [0, 0.05) is 13.1 Å². The van der Waals surface area contributed by atoms with Crippen LogP contribution in [0.2, 0.25) is 5.28 Å². The van der Waals surface area contributed by atoms with Crippen molar-refractivity contribution in [2.75, 3.05) is 37.2 Å². The molecular formula is C12H20ClN5. The molecule has 0 aromatic carbocycles. The van der Waals surface area contributed by atoms with E-state index in [0.717, 1.165) is 13.1 Å². The number of hydrogen-bond acceptors (Lipinski definition) is 5. The van der Waals surface area contributed by atoms with E-state index >= 15 is 0 Å². The number of anilines is 2. The van der Waals surface area contributed by atoms with Gasteiger partial charge in [-0.25, -0.2) is 4.98 Å². The molecule has 0 spiro atoms. The Morgan fingerprint density at radius 1 is 1.50 bits per heavy atom. The van der Waals surface area contributed by atoms with Gasteiger partial charge in [0.2, 0.25) is 5.28 Å². The Balaban J connectivity index is 1.81. The third-order valence-electron chi connectivity index (χ3n) is 3.17. The van der Waals surface area contributed by atoms with Crippen LogP contribution in [0.3, 0.4) is 0 Å². The highest BCUT2D eigenvalue weighted by molar-refractivity contribution is 6.28. The number of nitrogen functional groups attached to an aromatic ring is 1. The molecule has 1 aliphatic rings. The lowest BCUT2D eigenvalue weighted by atomic mass is 10.1. The molecule has 2 rings (SSSR count). The Hall–Kier alpha value is -1.07. The van der Waals surface area contributed by atoms with E-state index in [2.05, 4.69) is 27.1 Å². The Bertz CT molecular complexity index is 392. The molecule has 1 aliphatic heterocycles. The number of aromatic nitrogens is 2. The van der Waals surface area contributed by atoms with Gasteiger partial charge < -0.3 is 16.0 Å².